The molecular weight excluding hydrogens is 148 g/mol. The van der Waals surface area contributed by atoms with E-state index in [0.717, 1.165) is 0 Å². The van der Waals surface area contributed by atoms with Gasteiger partial charge in [0.1, 0.15) is 0 Å². The van der Waals surface area contributed by atoms with Crippen molar-refractivity contribution in [1.29, 1.82) is 0 Å². The molecule has 0 bridgehead atoms. The van der Waals surface area contributed by atoms with Crippen LogP contribution in [0.4, 0.5) is 0 Å². The molecule has 10 heavy (non-hydrogen) atoms. The highest BCUT2D eigenvalue weighted by Gasteiger charge is 1.85. The molecule has 0 aliphatic heterocycles. The van der Waals surface area contributed by atoms with Crippen LogP contribution >= 0.6 is 12.2 Å². The minimum atomic E-state index is -0.0489. The first-order valence-electron chi connectivity index (χ1n) is 2.93. The molecule has 0 rings (SSSR count). The quantitative estimate of drug-likeness (QED) is 0.287. The van der Waals surface area contributed by atoms with Crippen LogP contribution < -0.4 is 16.5 Å². The molecule has 58 valence electrons. The number of nitrogens with zero attached hydrogens (tertiary/aromatic N) is 1. The fourth-order valence-electron chi connectivity index (χ4n) is 0.269. The van der Waals surface area contributed by atoms with E-state index in [4.69, 9.17) is 18.0 Å². The van der Waals surface area contributed by atoms with Gasteiger partial charge in [0.25, 0.3) is 0 Å². The third kappa shape index (κ3) is 5.46. The number of nitrogens with two attached hydrogens (primary N) is 1. The number of hydrazone groups is 1. The van der Waals surface area contributed by atoms with Gasteiger partial charge in [0.15, 0.2) is 5.11 Å². The lowest BCUT2D eigenvalue weighted by molar-refractivity contribution is 0.935. The predicted octanol–water partition coefficient (Wildman–Crippen LogP) is -0.587. The Balaban J connectivity index is 3.43. The van der Waals surface area contributed by atoms with Crippen molar-refractivity contribution in [2.75, 3.05) is 7.05 Å². The second-order valence-corrected chi connectivity index (χ2v) is 2.24. The number of nitrogens with one attached hydrogen (secondary N) is 2. The highest BCUT2D eigenvalue weighted by molar-refractivity contribution is 7.80. The van der Waals surface area contributed by atoms with E-state index in [1.54, 1.807) is 13.3 Å². The molecular formula is C5H12N4S. The summed E-state index contributed by atoms with van der Waals surface area (Å²) in [6, 6.07) is -0.0489. The van der Waals surface area contributed by atoms with Gasteiger partial charge in [-0.25, -0.2) is 0 Å². The molecule has 0 amide bonds. The number of thiocarbonyl (C=S) groups is 1. The van der Waals surface area contributed by atoms with Crippen LogP contribution in [-0.4, -0.2) is 24.4 Å². The van der Waals surface area contributed by atoms with Crippen molar-refractivity contribution in [1.82, 2.24) is 10.7 Å². The molecule has 0 aromatic rings. The average molecular weight is 160 g/mol. The highest BCUT2D eigenvalue weighted by Crippen LogP contribution is 1.67. The van der Waals surface area contributed by atoms with Crippen molar-refractivity contribution in [2.24, 2.45) is 10.8 Å². The molecule has 4 N–H and O–H groups in total. The molecule has 4 nitrogen and oxygen atoms in total. The van der Waals surface area contributed by atoms with Crippen molar-refractivity contribution in [3.8, 4) is 0 Å². The number of rotatable bonds is 2. The van der Waals surface area contributed by atoms with Crippen molar-refractivity contribution in [2.45, 2.75) is 13.0 Å². The third-order valence-electron chi connectivity index (χ3n) is 0.703. The van der Waals surface area contributed by atoms with E-state index < -0.39 is 0 Å². The number of hydrogen-bond acceptors (Lipinski definition) is 3. The smallest absolute Gasteiger partial charge is 0.186 e. The predicted molar refractivity (Wildman–Crippen MR) is 46.9 cm³/mol. The molecule has 0 radical (unpaired) electrons. The summed E-state index contributed by atoms with van der Waals surface area (Å²) in [7, 11) is 1.72. The highest BCUT2D eigenvalue weighted by atomic mass is 32.1. The Labute approximate surface area is 65.9 Å². The van der Waals surface area contributed by atoms with E-state index in [1.807, 2.05) is 6.92 Å². The van der Waals surface area contributed by atoms with Crippen molar-refractivity contribution < 1.29 is 0 Å². The van der Waals surface area contributed by atoms with Gasteiger partial charge in [-0.2, -0.15) is 5.10 Å². The Hall–Kier alpha value is -0.680. The Bertz CT molecular complexity index is 132. The molecule has 0 aromatic heterocycles. The number of hydrogen-bond donors (Lipinski definition) is 3. The minimum Gasteiger partial charge on any atom is -0.364 e. The first-order valence-corrected chi connectivity index (χ1v) is 3.34. The third-order valence-corrected chi connectivity index (χ3v) is 0.998. The summed E-state index contributed by atoms with van der Waals surface area (Å²) in [5.41, 5.74) is 7.94. The summed E-state index contributed by atoms with van der Waals surface area (Å²) >= 11 is 4.73. The van der Waals surface area contributed by atoms with Gasteiger partial charge >= 0.3 is 0 Å². The van der Waals surface area contributed by atoms with Crippen LogP contribution in [0.15, 0.2) is 5.10 Å². The van der Waals surface area contributed by atoms with Crippen LogP contribution in [-0.2, 0) is 0 Å². The van der Waals surface area contributed by atoms with E-state index in [9.17, 15) is 0 Å². The zero-order valence-electron chi connectivity index (χ0n) is 6.09. The van der Waals surface area contributed by atoms with Crippen LogP contribution in [0.25, 0.3) is 0 Å². The lowest BCUT2D eigenvalue weighted by atomic mass is 10.4. The maximum atomic E-state index is 5.37. The summed E-state index contributed by atoms with van der Waals surface area (Å²) in [4.78, 5) is 0. The molecule has 0 spiro atoms. The summed E-state index contributed by atoms with van der Waals surface area (Å²) in [5, 5.41) is 6.93. The summed E-state index contributed by atoms with van der Waals surface area (Å²) in [5.74, 6) is 0. The molecule has 5 heteroatoms. The van der Waals surface area contributed by atoms with Gasteiger partial charge in [0, 0.05) is 19.3 Å². The molecule has 0 aromatic carbocycles. The fourth-order valence-corrected chi connectivity index (χ4v) is 0.322. The maximum Gasteiger partial charge on any atom is 0.186 e. The maximum absolute atomic E-state index is 5.37. The monoisotopic (exact) mass is 160 g/mol. The van der Waals surface area contributed by atoms with E-state index in [0.29, 0.717) is 5.11 Å². The van der Waals surface area contributed by atoms with Gasteiger partial charge in [-0.15, -0.1) is 0 Å². The fraction of sp³-hybridized carbons (Fsp3) is 0.600. The largest absolute Gasteiger partial charge is 0.364 e. The molecule has 0 saturated carbocycles. The van der Waals surface area contributed by atoms with Crippen LogP contribution in [0.1, 0.15) is 6.92 Å². The first kappa shape index (κ1) is 9.32. The lowest BCUT2D eigenvalue weighted by Gasteiger charge is -1.99. The molecule has 1 atom stereocenters. The molecule has 0 saturated heterocycles. The second-order valence-electron chi connectivity index (χ2n) is 1.83. The molecule has 0 aliphatic rings. The molecule has 0 heterocycles. The Kier molecular flexibility index (Phi) is 4.78. The van der Waals surface area contributed by atoms with Gasteiger partial charge < -0.3 is 11.1 Å². The SMILES string of the molecule is CNC(=S)NN=CC(C)N. The van der Waals surface area contributed by atoms with Crippen LogP contribution in [0.5, 0.6) is 0 Å². The standard InChI is InChI=1S/C5H12N4S/c1-4(6)3-8-9-5(10)7-2/h3-4H,6H2,1-2H3,(H2,7,9,10). The Morgan fingerprint density at radius 2 is 2.40 bits per heavy atom. The van der Waals surface area contributed by atoms with Crippen molar-refractivity contribution >= 4 is 23.5 Å². The van der Waals surface area contributed by atoms with Gasteiger partial charge in [-0.1, -0.05) is 0 Å². The van der Waals surface area contributed by atoms with Crippen LogP contribution in [0, 0.1) is 0 Å². The van der Waals surface area contributed by atoms with E-state index in [1.165, 1.54) is 0 Å². The van der Waals surface area contributed by atoms with E-state index in [2.05, 4.69) is 15.8 Å². The lowest BCUT2D eigenvalue weighted by Crippen LogP contribution is -2.29. The van der Waals surface area contributed by atoms with Crippen LogP contribution in [0.2, 0.25) is 0 Å². The normalized spacial score (nSPS) is 13.1. The topological polar surface area (TPSA) is 62.4 Å². The molecule has 0 aliphatic carbocycles. The van der Waals surface area contributed by atoms with Crippen molar-refractivity contribution in [3.05, 3.63) is 0 Å². The van der Waals surface area contributed by atoms with E-state index >= 15 is 0 Å². The molecule has 1 unspecified atom stereocenters. The average Bonchev–Trinajstić information content (AvgIpc) is 1.87. The zero-order chi connectivity index (χ0) is 7.98. The van der Waals surface area contributed by atoms with Crippen molar-refractivity contribution in [3.63, 3.8) is 0 Å². The Morgan fingerprint density at radius 1 is 1.80 bits per heavy atom. The van der Waals surface area contributed by atoms with E-state index in [-0.39, 0.29) is 6.04 Å². The first-order chi connectivity index (χ1) is 4.66. The summed E-state index contributed by atoms with van der Waals surface area (Å²) in [6.45, 7) is 1.83. The minimum absolute atomic E-state index is 0.0489. The van der Waals surface area contributed by atoms with Gasteiger partial charge in [-0.3, -0.25) is 5.43 Å². The summed E-state index contributed by atoms with van der Waals surface area (Å²) < 4.78 is 0. The van der Waals surface area contributed by atoms with Gasteiger partial charge in [0.05, 0.1) is 0 Å². The second kappa shape index (κ2) is 5.13. The van der Waals surface area contributed by atoms with Crippen LogP contribution in [0.3, 0.4) is 0 Å². The Morgan fingerprint density at radius 3 is 2.80 bits per heavy atom. The zero-order valence-corrected chi connectivity index (χ0v) is 6.90. The molecule has 0 fully saturated rings. The van der Waals surface area contributed by atoms with Gasteiger partial charge in [-0.05, 0) is 19.1 Å². The summed E-state index contributed by atoms with van der Waals surface area (Å²) in [6.07, 6.45) is 1.57. The van der Waals surface area contributed by atoms with Gasteiger partial charge in [0.2, 0.25) is 0 Å².